The first-order valence-corrected chi connectivity index (χ1v) is 8.58. The molecular weight excluding hydrogens is 404 g/mol. The van der Waals surface area contributed by atoms with E-state index in [4.69, 9.17) is 22.3 Å². The van der Waals surface area contributed by atoms with E-state index >= 15 is 0 Å². The molecule has 0 saturated heterocycles. The maximum atomic E-state index is 11.5. The third-order valence-electron chi connectivity index (χ3n) is 2.59. The average molecular weight is 422 g/mol. The molecule has 0 heterocycles. The molecule has 0 radical (unpaired) electrons. The van der Waals surface area contributed by atoms with Gasteiger partial charge in [-0.3, -0.25) is 9.59 Å². The summed E-state index contributed by atoms with van der Waals surface area (Å²) in [5, 5.41) is 1.02. The van der Waals surface area contributed by atoms with Crippen molar-refractivity contribution >= 4 is 43.8 Å². The zero-order chi connectivity index (χ0) is 16.1. The van der Waals surface area contributed by atoms with Crippen LogP contribution in [0.15, 0.2) is 0 Å². The van der Waals surface area contributed by atoms with E-state index in [1.165, 1.54) is 0 Å². The van der Waals surface area contributed by atoms with Gasteiger partial charge in [0.05, 0.1) is 18.3 Å². The van der Waals surface area contributed by atoms with E-state index in [1.807, 2.05) is 0 Å². The van der Waals surface area contributed by atoms with Crippen LogP contribution in [0.25, 0.3) is 0 Å². The van der Waals surface area contributed by atoms with Crippen LogP contribution < -0.4 is 0 Å². The molecule has 4 nitrogen and oxygen atoms in total. The molecule has 0 amide bonds. The molecule has 0 aromatic carbocycles. The van der Waals surface area contributed by atoms with Gasteiger partial charge in [0.25, 0.3) is 0 Å². The number of carbonyl (C=O) groups is 2. The number of hydrogen-bond acceptors (Lipinski definition) is 4. The maximum Gasteiger partial charge on any atom is 0.306 e. The van der Waals surface area contributed by atoms with Gasteiger partial charge in [0.15, 0.2) is 0 Å². The molecule has 0 saturated carbocycles. The zero-order valence-electron chi connectivity index (χ0n) is 11.7. The van der Waals surface area contributed by atoms with Crippen LogP contribution in [0.5, 0.6) is 0 Å². The van der Waals surface area contributed by atoms with Gasteiger partial charge in [-0.15, -0.1) is 24.7 Å². The lowest BCUT2D eigenvalue weighted by Crippen LogP contribution is -2.37. The Labute approximate surface area is 142 Å². The van der Waals surface area contributed by atoms with Gasteiger partial charge in [-0.1, -0.05) is 31.9 Å². The third-order valence-corrected chi connectivity index (χ3v) is 4.97. The Hall–Kier alpha value is -0.980. The molecule has 0 spiro atoms. The second-order valence-corrected chi connectivity index (χ2v) is 5.62. The standard InChI is InChI=1S/C15H18Br2O4/c1-3-5-7-13(18)20-11-15(9-16,10-17)12-21-14(19)8-6-4-2/h1-2H,5-12H2. The quantitative estimate of drug-likeness (QED) is 0.309. The van der Waals surface area contributed by atoms with Crippen molar-refractivity contribution in [2.75, 3.05) is 23.9 Å². The summed E-state index contributed by atoms with van der Waals surface area (Å²) in [5.74, 6) is 4.03. The van der Waals surface area contributed by atoms with Gasteiger partial charge in [0.2, 0.25) is 0 Å². The number of hydrogen-bond donors (Lipinski definition) is 0. The molecule has 0 bridgehead atoms. The number of ether oxygens (including phenoxy) is 2. The molecule has 0 rings (SSSR count). The van der Waals surface area contributed by atoms with Gasteiger partial charge in [-0.25, -0.2) is 0 Å². The smallest absolute Gasteiger partial charge is 0.306 e. The predicted molar refractivity (Wildman–Crippen MR) is 88.1 cm³/mol. The number of terminal acetylenes is 2. The molecule has 6 heteroatoms. The summed E-state index contributed by atoms with van der Waals surface area (Å²) in [4.78, 5) is 23.0. The fourth-order valence-electron chi connectivity index (χ4n) is 1.19. The molecule has 21 heavy (non-hydrogen) atoms. The van der Waals surface area contributed by atoms with Crippen LogP contribution in [0.3, 0.4) is 0 Å². The second kappa shape index (κ2) is 11.7. The minimum absolute atomic E-state index is 0.134. The van der Waals surface area contributed by atoms with Crippen molar-refractivity contribution in [3.05, 3.63) is 0 Å². The van der Waals surface area contributed by atoms with Crippen molar-refractivity contribution in [2.24, 2.45) is 5.41 Å². The van der Waals surface area contributed by atoms with Crippen molar-refractivity contribution in [3.8, 4) is 24.7 Å². The van der Waals surface area contributed by atoms with E-state index in [0.29, 0.717) is 23.5 Å². The molecular formula is C15H18Br2O4. The first-order chi connectivity index (χ1) is 10.0. The molecule has 0 atom stereocenters. The Bertz CT molecular complexity index is 380. The van der Waals surface area contributed by atoms with Crippen LogP contribution in [0.1, 0.15) is 25.7 Å². The molecule has 0 aliphatic heterocycles. The lowest BCUT2D eigenvalue weighted by atomic mass is 9.96. The number of carbonyl (C=O) groups excluding carboxylic acids is 2. The molecule has 0 aliphatic rings. The van der Waals surface area contributed by atoms with Crippen LogP contribution in [-0.2, 0) is 19.1 Å². The van der Waals surface area contributed by atoms with Crippen LogP contribution in [0, 0.1) is 30.1 Å². The molecule has 0 aromatic rings. The number of halogens is 2. The summed E-state index contributed by atoms with van der Waals surface area (Å²) in [7, 11) is 0. The minimum Gasteiger partial charge on any atom is -0.465 e. The molecule has 0 aliphatic carbocycles. The molecule has 0 aromatic heterocycles. The van der Waals surface area contributed by atoms with E-state index in [1.54, 1.807) is 0 Å². The summed E-state index contributed by atoms with van der Waals surface area (Å²) >= 11 is 6.72. The van der Waals surface area contributed by atoms with E-state index in [9.17, 15) is 9.59 Å². The molecule has 116 valence electrons. The number of alkyl halides is 2. The lowest BCUT2D eigenvalue weighted by molar-refractivity contribution is -0.151. The Balaban J connectivity index is 4.36. The third kappa shape index (κ3) is 8.80. The lowest BCUT2D eigenvalue weighted by Gasteiger charge is -2.28. The van der Waals surface area contributed by atoms with Crippen LogP contribution >= 0.6 is 31.9 Å². The van der Waals surface area contributed by atoms with Crippen molar-refractivity contribution in [1.29, 1.82) is 0 Å². The summed E-state index contributed by atoms with van der Waals surface area (Å²) in [5.41, 5.74) is -0.516. The van der Waals surface area contributed by atoms with Gasteiger partial charge in [0.1, 0.15) is 13.2 Å². The largest absolute Gasteiger partial charge is 0.465 e. The van der Waals surface area contributed by atoms with Crippen molar-refractivity contribution < 1.29 is 19.1 Å². The first kappa shape index (κ1) is 20.0. The summed E-state index contributed by atoms with van der Waals surface area (Å²) in [6.45, 7) is 0.268. The SMILES string of the molecule is C#CCCC(=O)OCC(CBr)(CBr)COC(=O)CCC#C. The van der Waals surface area contributed by atoms with Crippen molar-refractivity contribution in [2.45, 2.75) is 25.7 Å². The Kier molecular flexibility index (Phi) is 11.1. The van der Waals surface area contributed by atoms with Crippen LogP contribution in [-0.4, -0.2) is 35.8 Å². The topological polar surface area (TPSA) is 52.6 Å². The van der Waals surface area contributed by atoms with Gasteiger partial charge >= 0.3 is 11.9 Å². The predicted octanol–water partition coefficient (Wildman–Crippen LogP) is 2.68. The second-order valence-electron chi connectivity index (χ2n) is 4.50. The highest BCUT2D eigenvalue weighted by Crippen LogP contribution is 2.25. The Morgan fingerprint density at radius 3 is 1.57 bits per heavy atom. The van der Waals surface area contributed by atoms with Gasteiger partial charge in [-0.05, 0) is 0 Å². The van der Waals surface area contributed by atoms with Crippen molar-refractivity contribution in [3.63, 3.8) is 0 Å². The highest BCUT2D eigenvalue weighted by Gasteiger charge is 2.31. The average Bonchev–Trinajstić information content (AvgIpc) is 2.51. The van der Waals surface area contributed by atoms with Gasteiger partial charge in [0, 0.05) is 23.5 Å². The maximum absolute atomic E-state index is 11.5. The van der Waals surface area contributed by atoms with E-state index < -0.39 is 5.41 Å². The number of esters is 2. The fourth-order valence-corrected chi connectivity index (χ4v) is 2.77. The zero-order valence-corrected chi connectivity index (χ0v) is 14.9. The monoisotopic (exact) mass is 420 g/mol. The summed E-state index contributed by atoms with van der Waals surface area (Å²) < 4.78 is 10.4. The first-order valence-electron chi connectivity index (χ1n) is 6.33. The molecule has 0 fully saturated rings. The molecule has 0 unspecified atom stereocenters. The van der Waals surface area contributed by atoms with E-state index in [2.05, 4.69) is 43.7 Å². The Morgan fingerprint density at radius 1 is 0.905 bits per heavy atom. The normalized spacial score (nSPS) is 10.3. The van der Waals surface area contributed by atoms with Crippen LogP contribution in [0.2, 0.25) is 0 Å². The van der Waals surface area contributed by atoms with E-state index in [0.717, 1.165) is 0 Å². The van der Waals surface area contributed by atoms with Gasteiger partial charge in [-0.2, -0.15) is 0 Å². The van der Waals surface area contributed by atoms with E-state index in [-0.39, 0.29) is 38.0 Å². The molecule has 0 N–H and O–H groups in total. The Morgan fingerprint density at radius 2 is 1.29 bits per heavy atom. The number of rotatable bonds is 10. The minimum atomic E-state index is -0.516. The van der Waals surface area contributed by atoms with Crippen LogP contribution in [0.4, 0.5) is 0 Å². The fraction of sp³-hybridized carbons (Fsp3) is 0.600. The van der Waals surface area contributed by atoms with Gasteiger partial charge < -0.3 is 9.47 Å². The summed E-state index contributed by atoms with van der Waals surface area (Å²) in [6.07, 6.45) is 11.2. The van der Waals surface area contributed by atoms with Crippen molar-refractivity contribution in [1.82, 2.24) is 0 Å². The highest BCUT2D eigenvalue weighted by molar-refractivity contribution is 9.09. The highest BCUT2D eigenvalue weighted by atomic mass is 79.9. The summed E-state index contributed by atoms with van der Waals surface area (Å²) in [6, 6.07) is 0.